The molecule has 0 atom stereocenters. The number of hydrogen-bond acceptors (Lipinski definition) is 4. The van der Waals surface area contributed by atoms with E-state index < -0.39 is 5.97 Å². The Bertz CT molecular complexity index is 683. The molecule has 110 valence electrons. The van der Waals surface area contributed by atoms with E-state index in [1.54, 1.807) is 26.2 Å². The van der Waals surface area contributed by atoms with Crippen molar-refractivity contribution >= 4 is 28.5 Å². The number of carboxylic acids is 1. The number of pyridine rings is 1. The minimum absolute atomic E-state index is 0.0133. The molecule has 0 aliphatic carbocycles. The van der Waals surface area contributed by atoms with E-state index in [0.717, 1.165) is 5.39 Å². The van der Waals surface area contributed by atoms with Gasteiger partial charge in [-0.1, -0.05) is 18.2 Å². The number of benzene rings is 1. The van der Waals surface area contributed by atoms with Crippen LogP contribution in [0.25, 0.3) is 10.9 Å². The van der Waals surface area contributed by atoms with E-state index >= 15 is 0 Å². The van der Waals surface area contributed by atoms with E-state index in [9.17, 15) is 9.59 Å². The molecule has 1 aromatic carbocycles. The van der Waals surface area contributed by atoms with Crippen LogP contribution in [0.5, 0.6) is 0 Å². The number of carbonyl (C=O) groups excluding carboxylic acids is 1. The van der Waals surface area contributed by atoms with Gasteiger partial charge in [-0.3, -0.25) is 4.79 Å². The topological polar surface area (TPSA) is 82.5 Å². The van der Waals surface area contributed by atoms with Crippen molar-refractivity contribution in [2.45, 2.75) is 6.42 Å². The number of para-hydroxylation sites is 1. The molecule has 0 spiro atoms. The molecule has 21 heavy (non-hydrogen) atoms. The number of hydrogen-bond donors (Lipinski definition) is 2. The molecule has 0 fully saturated rings. The third kappa shape index (κ3) is 3.47. The van der Waals surface area contributed by atoms with Gasteiger partial charge in [0.25, 0.3) is 0 Å². The highest BCUT2D eigenvalue weighted by Crippen LogP contribution is 2.23. The number of aromatic nitrogens is 1. The molecule has 2 N–H and O–H groups in total. The minimum atomic E-state index is -1.08. The van der Waals surface area contributed by atoms with Gasteiger partial charge >= 0.3 is 5.97 Å². The maximum atomic E-state index is 11.6. The Balaban J connectivity index is 2.25. The molecule has 0 saturated carbocycles. The first-order chi connectivity index (χ1) is 9.99. The largest absolute Gasteiger partial charge is 0.477 e. The average Bonchev–Trinajstić information content (AvgIpc) is 2.46. The number of fused-ring (bicyclic) bond motifs is 1. The Kier molecular flexibility index (Phi) is 4.37. The predicted octanol–water partition coefficient (Wildman–Crippen LogP) is 1.82. The lowest BCUT2D eigenvalue weighted by Crippen LogP contribution is -2.24. The second kappa shape index (κ2) is 6.21. The lowest BCUT2D eigenvalue weighted by molar-refractivity contribution is -0.128. The minimum Gasteiger partial charge on any atom is -0.477 e. The van der Waals surface area contributed by atoms with Crippen LogP contribution in [0.15, 0.2) is 30.3 Å². The fraction of sp³-hybridized carbons (Fsp3) is 0.267. The number of nitrogens with one attached hydrogen (secondary N) is 1. The molecule has 0 radical (unpaired) electrons. The van der Waals surface area contributed by atoms with Gasteiger partial charge in [-0.15, -0.1) is 0 Å². The number of anilines is 1. The number of aromatic carboxylic acids is 1. The Hall–Kier alpha value is -2.63. The molecule has 0 bridgehead atoms. The molecule has 0 saturated heterocycles. The number of nitrogens with zero attached hydrogens (tertiary/aromatic N) is 2. The second-order valence-corrected chi connectivity index (χ2v) is 4.84. The number of carboxylic acid groups (broad SMARTS) is 1. The van der Waals surface area contributed by atoms with Crippen LogP contribution >= 0.6 is 0 Å². The highest BCUT2D eigenvalue weighted by atomic mass is 16.4. The lowest BCUT2D eigenvalue weighted by atomic mass is 10.1. The van der Waals surface area contributed by atoms with Gasteiger partial charge in [0.1, 0.15) is 0 Å². The van der Waals surface area contributed by atoms with Gasteiger partial charge in [0.05, 0.1) is 5.52 Å². The molecule has 0 aliphatic heterocycles. The maximum absolute atomic E-state index is 11.6. The summed E-state index contributed by atoms with van der Waals surface area (Å²) in [5.41, 5.74) is 1.26. The van der Waals surface area contributed by atoms with Crippen molar-refractivity contribution in [2.75, 3.05) is 26.0 Å². The summed E-state index contributed by atoms with van der Waals surface area (Å²) in [7, 11) is 3.40. The summed E-state index contributed by atoms with van der Waals surface area (Å²) >= 11 is 0. The summed E-state index contributed by atoms with van der Waals surface area (Å²) < 4.78 is 0. The maximum Gasteiger partial charge on any atom is 0.354 e. The molecule has 6 nitrogen and oxygen atoms in total. The van der Waals surface area contributed by atoms with Gasteiger partial charge in [-0.2, -0.15) is 0 Å². The van der Waals surface area contributed by atoms with Crippen LogP contribution in [0.2, 0.25) is 0 Å². The summed E-state index contributed by atoms with van der Waals surface area (Å²) in [4.78, 5) is 28.3. The molecular formula is C15H17N3O3. The number of carbonyl (C=O) groups is 2. The van der Waals surface area contributed by atoms with Crippen molar-refractivity contribution in [1.29, 1.82) is 0 Å². The van der Waals surface area contributed by atoms with E-state index in [-0.39, 0.29) is 11.6 Å². The fourth-order valence-electron chi connectivity index (χ4n) is 1.96. The van der Waals surface area contributed by atoms with Crippen molar-refractivity contribution in [3.8, 4) is 0 Å². The molecule has 2 aromatic rings. The van der Waals surface area contributed by atoms with Crippen molar-refractivity contribution in [2.24, 2.45) is 0 Å². The summed E-state index contributed by atoms with van der Waals surface area (Å²) in [5.74, 6) is -1.06. The molecular weight excluding hydrogens is 270 g/mol. The average molecular weight is 287 g/mol. The van der Waals surface area contributed by atoms with Crippen molar-refractivity contribution in [3.05, 3.63) is 36.0 Å². The summed E-state index contributed by atoms with van der Waals surface area (Å²) in [6, 6.07) is 8.79. The molecule has 1 heterocycles. The standard InChI is InChI=1S/C15H17N3O3/c1-18(2)14(19)7-8-16-12-9-13(15(20)21)17-11-6-4-3-5-10(11)12/h3-6,9H,7-8H2,1-2H3,(H,16,17)(H,20,21). The van der Waals surface area contributed by atoms with Crippen molar-refractivity contribution in [3.63, 3.8) is 0 Å². The van der Waals surface area contributed by atoms with Crippen molar-refractivity contribution < 1.29 is 14.7 Å². The first kappa shape index (κ1) is 14.8. The monoisotopic (exact) mass is 287 g/mol. The van der Waals surface area contributed by atoms with Gasteiger partial charge in [-0.25, -0.2) is 9.78 Å². The Labute approximate surface area is 122 Å². The SMILES string of the molecule is CN(C)C(=O)CCNc1cc(C(=O)O)nc2ccccc12. The van der Waals surface area contributed by atoms with Gasteiger partial charge in [-0.05, 0) is 12.1 Å². The molecule has 2 rings (SSSR count). The van der Waals surface area contributed by atoms with Gasteiger partial charge < -0.3 is 15.3 Å². The fourth-order valence-corrected chi connectivity index (χ4v) is 1.96. The molecule has 0 aliphatic rings. The molecule has 6 heteroatoms. The van der Waals surface area contributed by atoms with E-state index in [1.807, 2.05) is 12.1 Å². The quantitative estimate of drug-likeness (QED) is 0.876. The van der Waals surface area contributed by atoms with Crippen LogP contribution in [-0.2, 0) is 4.79 Å². The molecule has 1 aromatic heterocycles. The third-order valence-electron chi connectivity index (χ3n) is 3.09. The Morgan fingerprint density at radius 2 is 2.00 bits per heavy atom. The zero-order valence-corrected chi connectivity index (χ0v) is 12.0. The highest BCUT2D eigenvalue weighted by molar-refractivity contribution is 5.97. The summed E-state index contributed by atoms with van der Waals surface area (Å²) in [6.45, 7) is 0.435. The summed E-state index contributed by atoms with van der Waals surface area (Å²) in [6.07, 6.45) is 0.339. The number of amides is 1. The van der Waals surface area contributed by atoms with Gasteiger partial charge in [0, 0.05) is 38.1 Å². The summed E-state index contributed by atoms with van der Waals surface area (Å²) in [5, 5.41) is 13.1. The lowest BCUT2D eigenvalue weighted by Gasteiger charge is -2.13. The zero-order valence-electron chi connectivity index (χ0n) is 12.0. The Morgan fingerprint density at radius 3 is 2.67 bits per heavy atom. The van der Waals surface area contributed by atoms with E-state index in [0.29, 0.717) is 24.2 Å². The zero-order chi connectivity index (χ0) is 15.4. The van der Waals surface area contributed by atoms with Crippen LogP contribution in [0.3, 0.4) is 0 Å². The predicted molar refractivity (Wildman–Crippen MR) is 80.5 cm³/mol. The van der Waals surface area contributed by atoms with Crippen LogP contribution in [-0.4, -0.2) is 47.5 Å². The Morgan fingerprint density at radius 1 is 1.29 bits per heavy atom. The normalized spacial score (nSPS) is 10.4. The van der Waals surface area contributed by atoms with Crippen LogP contribution in [0, 0.1) is 0 Å². The van der Waals surface area contributed by atoms with Crippen LogP contribution in [0.1, 0.15) is 16.9 Å². The second-order valence-electron chi connectivity index (χ2n) is 4.84. The van der Waals surface area contributed by atoms with E-state index in [2.05, 4.69) is 10.3 Å². The molecule has 0 unspecified atom stereocenters. The first-order valence-corrected chi connectivity index (χ1v) is 6.56. The van der Waals surface area contributed by atoms with Crippen LogP contribution < -0.4 is 5.32 Å². The molecule has 1 amide bonds. The third-order valence-corrected chi connectivity index (χ3v) is 3.09. The van der Waals surface area contributed by atoms with Gasteiger partial charge in [0.2, 0.25) is 5.91 Å². The van der Waals surface area contributed by atoms with E-state index in [1.165, 1.54) is 11.0 Å². The van der Waals surface area contributed by atoms with Crippen LogP contribution in [0.4, 0.5) is 5.69 Å². The van der Waals surface area contributed by atoms with Gasteiger partial charge in [0.15, 0.2) is 5.69 Å². The first-order valence-electron chi connectivity index (χ1n) is 6.56. The van der Waals surface area contributed by atoms with E-state index in [4.69, 9.17) is 5.11 Å². The highest BCUT2D eigenvalue weighted by Gasteiger charge is 2.11. The smallest absolute Gasteiger partial charge is 0.354 e. The van der Waals surface area contributed by atoms with Crippen molar-refractivity contribution in [1.82, 2.24) is 9.88 Å². The number of rotatable bonds is 5.